The molecule has 2 aliphatic heterocycles. The van der Waals surface area contributed by atoms with E-state index >= 15 is 0 Å². The standard InChI is InChI=1S/C23H26N4O3/c1-13(15-3-7-19-17(11-15)5-9-21(28)26-19)24-23(30)25-14(2)16-4-8-20-18(12-16)6-10-22(29)27-20/h3-4,7-8,11-14H,5-6,9-10H2,1-2H3,(H,26,28)(H,27,29)(H2,24,25,30)/t13-,14-/m0/s1. The van der Waals surface area contributed by atoms with Crippen molar-refractivity contribution in [3.8, 4) is 0 Å². The second-order valence-corrected chi connectivity index (χ2v) is 7.99. The van der Waals surface area contributed by atoms with E-state index in [1.807, 2.05) is 50.2 Å². The molecule has 0 saturated carbocycles. The summed E-state index contributed by atoms with van der Waals surface area (Å²) in [7, 11) is 0. The summed E-state index contributed by atoms with van der Waals surface area (Å²) in [5.41, 5.74) is 5.88. The van der Waals surface area contributed by atoms with Crippen LogP contribution in [0.5, 0.6) is 0 Å². The smallest absolute Gasteiger partial charge is 0.315 e. The predicted octanol–water partition coefficient (Wildman–Crippen LogP) is 3.58. The average molecular weight is 406 g/mol. The van der Waals surface area contributed by atoms with Crippen molar-refractivity contribution in [3.05, 3.63) is 58.7 Å². The highest BCUT2D eigenvalue weighted by Gasteiger charge is 2.19. The molecule has 0 unspecified atom stereocenters. The van der Waals surface area contributed by atoms with Gasteiger partial charge in [-0.25, -0.2) is 4.79 Å². The highest BCUT2D eigenvalue weighted by Crippen LogP contribution is 2.27. The number of amides is 4. The van der Waals surface area contributed by atoms with Gasteiger partial charge in [0.05, 0.1) is 12.1 Å². The lowest BCUT2D eigenvalue weighted by atomic mass is 9.97. The lowest BCUT2D eigenvalue weighted by Crippen LogP contribution is -2.38. The minimum atomic E-state index is -0.243. The van der Waals surface area contributed by atoms with Crippen LogP contribution in [0.4, 0.5) is 16.2 Å². The van der Waals surface area contributed by atoms with Crippen LogP contribution in [0.2, 0.25) is 0 Å². The maximum atomic E-state index is 12.5. The Bertz CT molecular complexity index is 938. The first-order valence-corrected chi connectivity index (χ1v) is 10.3. The fraction of sp³-hybridized carbons (Fsp3) is 0.348. The van der Waals surface area contributed by atoms with E-state index in [4.69, 9.17) is 0 Å². The molecule has 0 aromatic heterocycles. The van der Waals surface area contributed by atoms with Crippen LogP contribution in [0.3, 0.4) is 0 Å². The molecule has 2 aromatic carbocycles. The Morgan fingerprint density at radius 1 is 0.767 bits per heavy atom. The Hall–Kier alpha value is -3.35. The number of anilines is 2. The largest absolute Gasteiger partial charge is 0.332 e. The molecule has 156 valence electrons. The zero-order valence-corrected chi connectivity index (χ0v) is 17.2. The van der Waals surface area contributed by atoms with Crippen molar-refractivity contribution in [2.45, 2.75) is 51.6 Å². The summed E-state index contributed by atoms with van der Waals surface area (Å²) < 4.78 is 0. The Labute approximate surface area is 175 Å². The Morgan fingerprint density at radius 2 is 1.20 bits per heavy atom. The molecular weight excluding hydrogens is 380 g/mol. The number of fused-ring (bicyclic) bond motifs is 2. The number of urea groups is 1. The molecule has 2 atom stereocenters. The van der Waals surface area contributed by atoms with E-state index in [0.717, 1.165) is 33.6 Å². The van der Waals surface area contributed by atoms with Crippen molar-refractivity contribution >= 4 is 29.2 Å². The van der Waals surface area contributed by atoms with E-state index in [2.05, 4.69) is 21.3 Å². The molecule has 2 aromatic rings. The third kappa shape index (κ3) is 4.30. The first kappa shape index (κ1) is 19.9. The second kappa shape index (κ2) is 8.18. The van der Waals surface area contributed by atoms with Gasteiger partial charge in [0.1, 0.15) is 0 Å². The molecule has 0 bridgehead atoms. The van der Waals surface area contributed by atoms with Gasteiger partial charge in [0.2, 0.25) is 11.8 Å². The highest BCUT2D eigenvalue weighted by atomic mass is 16.2. The van der Waals surface area contributed by atoms with Crippen LogP contribution < -0.4 is 21.3 Å². The van der Waals surface area contributed by atoms with Crippen LogP contribution in [0.1, 0.15) is 61.0 Å². The number of rotatable bonds is 4. The first-order chi connectivity index (χ1) is 14.4. The summed E-state index contributed by atoms with van der Waals surface area (Å²) in [4.78, 5) is 35.6. The molecule has 4 rings (SSSR count). The predicted molar refractivity (Wildman–Crippen MR) is 115 cm³/mol. The molecule has 2 aliphatic rings. The number of nitrogens with one attached hydrogen (secondary N) is 4. The zero-order valence-electron chi connectivity index (χ0n) is 17.2. The van der Waals surface area contributed by atoms with Crippen molar-refractivity contribution in [2.75, 3.05) is 10.6 Å². The van der Waals surface area contributed by atoms with Gasteiger partial charge in [-0.05, 0) is 61.1 Å². The normalized spacial score (nSPS) is 17.0. The summed E-state index contributed by atoms with van der Waals surface area (Å²) in [6, 6.07) is 11.2. The molecular formula is C23H26N4O3. The summed E-state index contributed by atoms with van der Waals surface area (Å²) >= 11 is 0. The molecule has 0 aliphatic carbocycles. The molecule has 4 amide bonds. The number of benzene rings is 2. The van der Waals surface area contributed by atoms with E-state index in [-0.39, 0.29) is 29.9 Å². The number of aryl methyl sites for hydroxylation is 2. The molecule has 7 nitrogen and oxygen atoms in total. The average Bonchev–Trinajstić information content (AvgIpc) is 2.72. The second-order valence-electron chi connectivity index (χ2n) is 7.99. The SMILES string of the molecule is C[C@H](NC(=O)N[C@@H](C)c1ccc2c(c1)CCC(=O)N2)c1ccc2c(c1)CCC(=O)N2. The topological polar surface area (TPSA) is 99.3 Å². The van der Waals surface area contributed by atoms with Gasteiger partial charge in [0, 0.05) is 24.2 Å². The van der Waals surface area contributed by atoms with Gasteiger partial charge in [0.15, 0.2) is 0 Å². The van der Waals surface area contributed by atoms with Crippen LogP contribution in [0, 0.1) is 0 Å². The van der Waals surface area contributed by atoms with Crippen LogP contribution in [0.25, 0.3) is 0 Å². The summed E-state index contributed by atoms with van der Waals surface area (Å²) in [5.74, 6) is 0.0821. The molecule has 0 radical (unpaired) electrons. The Kier molecular flexibility index (Phi) is 5.44. The first-order valence-electron chi connectivity index (χ1n) is 10.3. The molecule has 0 spiro atoms. The maximum Gasteiger partial charge on any atom is 0.315 e. The van der Waals surface area contributed by atoms with Crippen molar-refractivity contribution in [1.82, 2.24) is 10.6 Å². The summed E-state index contributed by atoms with van der Waals surface area (Å²) in [6.45, 7) is 3.88. The zero-order chi connectivity index (χ0) is 21.3. The lowest BCUT2D eigenvalue weighted by Gasteiger charge is -2.23. The molecule has 30 heavy (non-hydrogen) atoms. The van der Waals surface area contributed by atoms with Crippen LogP contribution in [0.15, 0.2) is 36.4 Å². The highest BCUT2D eigenvalue weighted by molar-refractivity contribution is 5.94. The van der Waals surface area contributed by atoms with Crippen LogP contribution in [-0.2, 0) is 22.4 Å². The fourth-order valence-electron chi connectivity index (χ4n) is 3.95. The quantitative estimate of drug-likeness (QED) is 0.624. The minimum Gasteiger partial charge on any atom is -0.332 e. The third-order valence-electron chi connectivity index (χ3n) is 5.74. The number of hydrogen-bond donors (Lipinski definition) is 4. The molecule has 0 fully saturated rings. The third-order valence-corrected chi connectivity index (χ3v) is 5.74. The van der Waals surface area contributed by atoms with Crippen molar-refractivity contribution in [3.63, 3.8) is 0 Å². The van der Waals surface area contributed by atoms with Gasteiger partial charge in [-0.2, -0.15) is 0 Å². The van der Waals surface area contributed by atoms with Crippen molar-refractivity contribution < 1.29 is 14.4 Å². The van der Waals surface area contributed by atoms with Crippen molar-refractivity contribution in [2.24, 2.45) is 0 Å². The van der Waals surface area contributed by atoms with Gasteiger partial charge in [-0.1, -0.05) is 24.3 Å². The van der Waals surface area contributed by atoms with E-state index in [1.165, 1.54) is 0 Å². The molecule has 0 saturated heterocycles. The Morgan fingerprint density at radius 3 is 1.63 bits per heavy atom. The van der Waals surface area contributed by atoms with Crippen molar-refractivity contribution in [1.29, 1.82) is 0 Å². The van der Waals surface area contributed by atoms with Gasteiger partial charge in [0.25, 0.3) is 0 Å². The maximum absolute atomic E-state index is 12.5. The van der Waals surface area contributed by atoms with E-state index in [9.17, 15) is 14.4 Å². The monoisotopic (exact) mass is 406 g/mol. The van der Waals surface area contributed by atoms with Crippen LogP contribution >= 0.6 is 0 Å². The summed E-state index contributed by atoms with van der Waals surface area (Å²) in [6.07, 6.45) is 2.40. The number of carbonyl (C=O) groups excluding carboxylic acids is 3. The minimum absolute atomic E-state index is 0.0411. The van der Waals surface area contributed by atoms with Crippen LogP contribution in [-0.4, -0.2) is 17.8 Å². The van der Waals surface area contributed by atoms with E-state index < -0.39 is 0 Å². The van der Waals surface area contributed by atoms with Gasteiger partial charge < -0.3 is 21.3 Å². The lowest BCUT2D eigenvalue weighted by molar-refractivity contribution is -0.117. The number of hydrogen-bond acceptors (Lipinski definition) is 3. The number of carbonyl (C=O) groups is 3. The fourth-order valence-corrected chi connectivity index (χ4v) is 3.95. The Balaban J connectivity index is 1.37. The molecule has 4 N–H and O–H groups in total. The van der Waals surface area contributed by atoms with E-state index in [0.29, 0.717) is 25.7 Å². The van der Waals surface area contributed by atoms with E-state index in [1.54, 1.807) is 0 Å². The van der Waals surface area contributed by atoms with Gasteiger partial charge in [-0.15, -0.1) is 0 Å². The summed E-state index contributed by atoms with van der Waals surface area (Å²) in [5, 5.41) is 11.7. The molecule has 2 heterocycles. The van der Waals surface area contributed by atoms with Gasteiger partial charge in [-0.3, -0.25) is 9.59 Å². The molecule has 7 heteroatoms. The van der Waals surface area contributed by atoms with Gasteiger partial charge >= 0.3 is 6.03 Å².